The Balaban J connectivity index is 1.33. The number of nitrogens with one attached hydrogen (secondary N) is 1. The lowest BCUT2D eigenvalue weighted by molar-refractivity contribution is -0.143. The van der Waals surface area contributed by atoms with Gasteiger partial charge in [-0.15, -0.1) is 0 Å². The van der Waals surface area contributed by atoms with Crippen LogP contribution in [0.15, 0.2) is 24.3 Å². The second-order valence-corrected chi connectivity index (χ2v) is 9.64. The van der Waals surface area contributed by atoms with Gasteiger partial charge in [-0.3, -0.25) is 19.3 Å². The molecule has 3 fully saturated rings. The van der Waals surface area contributed by atoms with Crippen LogP contribution in [0, 0.1) is 17.7 Å². The topological polar surface area (TPSA) is 90.0 Å². The van der Waals surface area contributed by atoms with Crippen LogP contribution in [0.4, 0.5) is 9.18 Å². The third-order valence-corrected chi connectivity index (χ3v) is 7.16. The van der Waals surface area contributed by atoms with Gasteiger partial charge in [0.15, 0.2) is 0 Å². The Kier molecular flexibility index (Phi) is 6.41. The molecule has 3 saturated heterocycles. The van der Waals surface area contributed by atoms with Crippen molar-refractivity contribution in [2.24, 2.45) is 11.8 Å². The van der Waals surface area contributed by atoms with Gasteiger partial charge in [-0.05, 0) is 56.2 Å². The number of rotatable bonds is 4. The molecule has 0 radical (unpaired) electrons. The highest BCUT2D eigenvalue weighted by molar-refractivity contribution is 6.09. The van der Waals surface area contributed by atoms with Gasteiger partial charge in [0.25, 0.3) is 5.91 Å². The summed E-state index contributed by atoms with van der Waals surface area (Å²) < 4.78 is 13.3. The first-order valence-corrected chi connectivity index (χ1v) is 11.7. The normalized spacial score (nSPS) is 26.5. The number of likely N-dealkylation sites (tertiary alicyclic amines) is 2. The third-order valence-electron chi connectivity index (χ3n) is 7.16. The zero-order chi connectivity index (χ0) is 23.8. The van der Waals surface area contributed by atoms with Gasteiger partial charge in [0, 0.05) is 32.1 Å². The summed E-state index contributed by atoms with van der Waals surface area (Å²) in [5.74, 6) is -0.691. The molecule has 0 spiro atoms. The van der Waals surface area contributed by atoms with Gasteiger partial charge in [0.1, 0.15) is 17.9 Å². The number of piperidine rings is 2. The van der Waals surface area contributed by atoms with Crippen LogP contribution in [0.1, 0.15) is 45.1 Å². The van der Waals surface area contributed by atoms with Gasteiger partial charge < -0.3 is 15.1 Å². The lowest BCUT2D eigenvalue weighted by atomic mass is 9.92. The number of urea groups is 1. The minimum absolute atomic E-state index is 0.0853. The zero-order valence-electron chi connectivity index (χ0n) is 19.2. The van der Waals surface area contributed by atoms with Gasteiger partial charge >= 0.3 is 6.03 Å². The third kappa shape index (κ3) is 4.58. The van der Waals surface area contributed by atoms with Crippen LogP contribution in [0.25, 0.3) is 0 Å². The standard InChI is InChI=1S/C24H31FN4O4/c1-16-4-3-11-28(14-16)21(31)17-9-12-27(13-10-17)20(30)15-29-22(32)24(2,26-23(29)33)18-5-7-19(25)8-6-18/h5-8,16-17H,3-4,9-15H2,1-2H3,(H,26,33). The van der Waals surface area contributed by atoms with Crippen LogP contribution in [-0.4, -0.2) is 71.2 Å². The average Bonchev–Trinajstić information content (AvgIpc) is 3.02. The Bertz CT molecular complexity index is 944. The van der Waals surface area contributed by atoms with E-state index in [-0.39, 0.29) is 24.3 Å². The van der Waals surface area contributed by atoms with Crippen molar-refractivity contribution in [3.63, 3.8) is 0 Å². The summed E-state index contributed by atoms with van der Waals surface area (Å²) in [5.41, 5.74) is -0.903. The molecule has 9 heteroatoms. The molecular weight excluding hydrogens is 427 g/mol. The van der Waals surface area contributed by atoms with Gasteiger partial charge in [-0.2, -0.15) is 0 Å². The Morgan fingerprint density at radius 3 is 2.36 bits per heavy atom. The smallest absolute Gasteiger partial charge is 0.325 e. The number of nitrogens with zero attached hydrogens (tertiary/aromatic N) is 3. The molecule has 3 heterocycles. The molecule has 2 atom stereocenters. The fourth-order valence-electron chi connectivity index (χ4n) is 5.08. The molecule has 2 unspecified atom stereocenters. The van der Waals surface area contributed by atoms with Crippen LogP contribution in [0.2, 0.25) is 0 Å². The minimum atomic E-state index is -1.35. The Hall–Kier alpha value is -2.97. The van der Waals surface area contributed by atoms with Crippen LogP contribution in [-0.2, 0) is 19.9 Å². The highest BCUT2D eigenvalue weighted by atomic mass is 19.1. The van der Waals surface area contributed by atoms with Crippen LogP contribution < -0.4 is 5.32 Å². The number of hydrogen-bond acceptors (Lipinski definition) is 4. The molecule has 1 aromatic rings. The predicted molar refractivity (Wildman–Crippen MR) is 118 cm³/mol. The van der Waals surface area contributed by atoms with Crippen molar-refractivity contribution in [2.45, 2.75) is 45.1 Å². The molecule has 1 aromatic carbocycles. The van der Waals surface area contributed by atoms with Crippen molar-refractivity contribution in [1.29, 1.82) is 0 Å². The molecule has 178 valence electrons. The van der Waals surface area contributed by atoms with Gasteiger partial charge in [0.2, 0.25) is 11.8 Å². The van der Waals surface area contributed by atoms with E-state index in [1.54, 1.807) is 11.8 Å². The molecule has 1 N–H and O–H groups in total. The van der Waals surface area contributed by atoms with E-state index in [4.69, 9.17) is 0 Å². The first-order valence-electron chi connectivity index (χ1n) is 11.7. The Morgan fingerprint density at radius 1 is 1.06 bits per heavy atom. The fraction of sp³-hybridized carbons (Fsp3) is 0.583. The highest BCUT2D eigenvalue weighted by Crippen LogP contribution is 2.29. The molecule has 0 aliphatic carbocycles. The lowest BCUT2D eigenvalue weighted by Gasteiger charge is -2.37. The van der Waals surface area contributed by atoms with Crippen LogP contribution in [0.3, 0.4) is 0 Å². The Labute approximate surface area is 193 Å². The molecule has 3 aliphatic rings. The maximum absolute atomic E-state index is 13.3. The first-order chi connectivity index (χ1) is 15.7. The summed E-state index contributed by atoms with van der Waals surface area (Å²) in [6.07, 6.45) is 3.36. The van der Waals surface area contributed by atoms with Gasteiger partial charge in [-0.1, -0.05) is 19.1 Å². The first kappa shape index (κ1) is 23.2. The molecule has 0 bridgehead atoms. The van der Waals surface area contributed by atoms with E-state index >= 15 is 0 Å². The van der Waals surface area contributed by atoms with Crippen molar-refractivity contribution >= 4 is 23.8 Å². The maximum Gasteiger partial charge on any atom is 0.325 e. The zero-order valence-corrected chi connectivity index (χ0v) is 19.2. The number of carbonyl (C=O) groups is 4. The summed E-state index contributed by atoms with van der Waals surface area (Å²) in [6.45, 7) is 5.82. The SMILES string of the molecule is CC1CCCN(C(=O)C2CCN(C(=O)CN3C(=O)NC(C)(c4ccc(F)cc4)C3=O)CC2)C1. The molecule has 0 aromatic heterocycles. The van der Waals surface area contributed by atoms with Crippen molar-refractivity contribution in [3.05, 3.63) is 35.6 Å². The van der Waals surface area contributed by atoms with E-state index in [0.717, 1.165) is 30.8 Å². The number of benzene rings is 1. The van der Waals surface area contributed by atoms with Crippen molar-refractivity contribution in [2.75, 3.05) is 32.7 Å². The predicted octanol–water partition coefficient (Wildman–Crippen LogP) is 2.09. The summed E-state index contributed by atoms with van der Waals surface area (Å²) in [5, 5.41) is 2.63. The van der Waals surface area contributed by atoms with E-state index in [9.17, 15) is 23.6 Å². The Morgan fingerprint density at radius 2 is 1.73 bits per heavy atom. The van der Waals surface area contributed by atoms with Crippen molar-refractivity contribution in [3.8, 4) is 0 Å². The van der Waals surface area contributed by atoms with E-state index in [1.165, 1.54) is 24.3 Å². The molecule has 3 aliphatic heterocycles. The summed E-state index contributed by atoms with van der Waals surface area (Å²) in [7, 11) is 0. The highest BCUT2D eigenvalue weighted by Gasteiger charge is 2.49. The van der Waals surface area contributed by atoms with Crippen molar-refractivity contribution in [1.82, 2.24) is 20.0 Å². The maximum atomic E-state index is 13.3. The number of carbonyl (C=O) groups excluding carboxylic acids is 4. The average molecular weight is 459 g/mol. The largest absolute Gasteiger partial charge is 0.342 e. The fourth-order valence-corrected chi connectivity index (χ4v) is 5.08. The lowest BCUT2D eigenvalue weighted by Crippen LogP contribution is -2.49. The molecular formula is C24H31FN4O4. The molecule has 8 nitrogen and oxygen atoms in total. The summed E-state index contributed by atoms with van der Waals surface area (Å²) in [6, 6.07) is 4.70. The van der Waals surface area contributed by atoms with E-state index < -0.39 is 23.3 Å². The second kappa shape index (κ2) is 9.11. The van der Waals surface area contributed by atoms with E-state index in [2.05, 4.69) is 12.2 Å². The van der Waals surface area contributed by atoms with Gasteiger partial charge in [0.05, 0.1) is 0 Å². The molecule has 5 amide bonds. The number of imide groups is 1. The molecule has 0 saturated carbocycles. The van der Waals surface area contributed by atoms with E-state index in [0.29, 0.717) is 37.4 Å². The quantitative estimate of drug-likeness (QED) is 0.700. The van der Waals surface area contributed by atoms with Crippen LogP contribution in [0.5, 0.6) is 0 Å². The van der Waals surface area contributed by atoms with Crippen LogP contribution >= 0.6 is 0 Å². The second-order valence-electron chi connectivity index (χ2n) is 9.64. The van der Waals surface area contributed by atoms with Crippen molar-refractivity contribution < 1.29 is 23.6 Å². The summed E-state index contributed by atoms with van der Waals surface area (Å²) >= 11 is 0. The summed E-state index contributed by atoms with van der Waals surface area (Å²) in [4.78, 5) is 55.7. The van der Waals surface area contributed by atoms with Gasteiger partial charge in [-0.25, -0.2) is 9.18 Å². The molecule has 33 heavy (non-hydrogen) atoms. The monoisotopic (exact) mass is 458 g/mol. The number of halogens is 1. The molecule has 4 rings (SSSR count). The van der Waals surface area contributed by atoms with E-state index in [1.807, 2.05) is 4.90 Å². The number of hydrogen-bond donors (Lipinski definition) is 1. The number of amides is 5. The minimum Gasteiger partial charge on any atom is -0.342 e.